The maximum atomic E-state index is 12.1. The summed E-state index contributed by atoms with van der Waals surface area (Å²) in [5.74, 6) is -2.39. The maximum Gasteiger partial charge on any atom is 0.356 e. The van der Waals surface area contributed by atoms with E-state index in [0.717, 1.165) is 0 Å². The molecule has 0 fully saturated rings. The van der Waals surface area contributed by atoms with Gasteiger partial charge in [0.2, 0.25) is 0 Å². The molecule has 0 radical (unpaired) electrons. The molecule has 0 amide bonds. The first-order valence-corrected chi connectivity index (χ1v) is 13.0. The average molecular weight is 579 g/mol. The van der Waals surface area contributed by atoms with Crippen LogP contribution >= 0.6 is 0 Å². The highest BCUT2D eigenvalue weighted by Gasteiger charge is 2.29. The highest BCUT2D eigenvalue weighted by Crippen LogP contribution is 2.20. The number of methoxy groups -OCH3 is 2. The molecule has 0 bridgehead atoms. The Kier molecular flexibility index (Phi) is 15.4. The summed E-state index contributed by atoms with van der Waals surface area (Å²) in [6, 6.07) is 8.31. The number of carbonyl (C=O) groups excluding carboxylic acids is 2. The van der Waals surface area contributed by atoms with Crippen molar-refractivity contribution in [2.24, 2.45) is 0 Å². The molecule has 2 heterocycles. The van der Waals surface area contributed by atoms with Crippen molar-refractivity contribution in [1.82, 2.24) is 19.8 Å². The minimum Gasteiger partial charge on any atom is -0.480 e. The zero-order valence-electron chi connectivity index (χ0n) is 23.3. The number of pyridine rings is 2. The van der Waals surface area contributed by atoms with Gasteiger partial charge in [-0.25, -0.2) is 19.6 Å². The van der Waals surface area contributed by atoms with Crippen LogP contribution in [-0.4, -0.2) is 133 Å². The molecule has 14 heteroatoms. The average Bonchev–Trinajstić information content (AvgIpc) is 2.97. The number of hydrogen-bond acceptors (Lipinski definition) is 13. The summed E-state index contributed by atoms with van der Waals surface area (Å²) in [4.78, 5) is 47.5. The smallest absolute Gasteiger partial charge is 0.356 e. The highest BCUT2D eigenvalue weighted by atomic mass is 16.5. The normalized spacial score (nSPS) is 12.0. The van der Waals surface area contributed by atoms with E-state index < -0.39 is 23.9 Å². The molecule has 2 aromatic heterocycles. The number of hydrogen-bond donors (Lipinski definition) is 3. The molecule has 0 saturated carbocycles. The van der Waals surface area contributed by atoms with E-state index >= 15 is 0 Å². The Bertz CT molecular complexity index is 1100. The molecule has 2 aromatic rings. The van der Waals surface area contributed by atoms with E-state index in [1.54, 1.807) is 18.2 Å². The van der Waals surface area contributed by atoms with Gasteiger partial charge in [0.25, 0.3) is 0 Å². The predicted octanol–water partition coefficient (Wildman–Crippen LogP) is -0.00250. The third kappa shape index (κ3) is 11.5. The van der Waals surface area contributed by atoms with Gasteiger partial charge in [0.05, 0.1) is 65.2 Å². The largest absolute Gasteiger partial charge is 0.480 e. The Morgan fingerprint density at radius 1 is 0.780 bits per heavy atom. The molecule has 226 valence electrons. The van der Waals surface area contributed by atoms with Crippen molar-refractivity contribution in [1.29, 1.82) is 0 Å². The van der Waals surface area contributed by atoms with Crippen molar-refractivity contribution in [2.75, 3.05) is 80.0 Å². The SMILES string of the molecule is COC(=O)c1cccc(CN(CCO)CCOCCOCCN(CCO)C(C(=O)O)c2cccc(C(=O)OC)n2)n1. The zero-order valence-corrected chi connectivity index (χ0v) is 23.3. The number of carboxylic acids is 1. The summed E-state index contributed by atoms with van der Waals surface area (Å²) in [7, 11) is 2.50. The number of nitrogens with zero attached hydrogens (tertiary/aromatic N) is 4. The lowest BCUT2D eigenvalue weighted by Crippen LogP contribution is -2.39. The first kappa shape index (κ1) is 33.7. The number of aliphatic carboxylic acids is 1. The zero-order chi connectivity index (χ0) is 30.0. The Morgan fingerprint density at radius 3 is 1.95 bits per heavy atom. The van der Waals surface area contributed by atoms with Crippen molar-refractivity contribution in [3.8, 4) is 0 Å². The Balaban J connectivity index is 1.79. The van der Waals surface area contributed by atoms with Crippen LogP contribution in [0.25, 0.3) is 0 Å². The lowest BCUT2D eigenvalue weighted by Gasteiger charge is -2.27. The quantitative estimate of drug-likeness (QED) is 0.141. The number of carboxylic acid groups (broad SMARTS) is 1. The third-order valence-electron chi connectivity index (χ3n) is 5.88. The van der Waals surface area contributed by atoms with E-state index in [0.29, 0.717) is 31.9 Å². The van der Waals surface area contributed by atoms with Gasteiger partial charge in [-0.05, 0) is 24.3 Å². The lowest BCUT2D eigenvalue weighted by atomic mass is 10.1. The van der Waals surface area contributed by atoms with Gasteiger partial charge in [-0.3, -0.25) is 14.6 Å². The van der Waals surface area contributed by atoms with E-state index in [4.69, 9.17) is 14.2 Å². The molecule has 41 heavy (non-hydrogen) atoms. The number of aliphatic hydroxyl groups is 2. The van der Waals surface area contributed by atoms with Crippen LogP contribution in [0.3, 0.4) is 0 Å². The fourth-order valence-corrected chi connectivity index (χ4v) is 3.91. The number of rotatable bonds is 20. The first-order valence-electron chi connectivity index (χ1n) is 13.0. The van der Waals surface area contributed by atoms with Gasteiger partial charge < -0.3 is 34.3 Å². The van der Waals surface area contributed by atoms with Crippen molar-refractivity contribution < 1.29 is 48.7 Å². The summed E-state index contributed by atoms with van der Waals surface area (Å²) in [5.41, 5.74) is 0.985. The molecule has 1 atom stereocenters. The molecule has 1 unspecified atom stereocenters. The van der Waals surface area contributed by atoms with E-state index in [9.17, 15) is 29.7 Å². The molecule has 14 nitrogen and oxygen atoms in total. The van der Waals surface area contributed by atoms with Gasteiger partial charge in [0.15, 0.2) is 6.04 Å². The van der Waals surface area contributed by atoms with Crippen LogP contribution in [0.5, 0.6) is 0 Å². The Morgan fingerprint density at radius 2 is 1.37 bits per heavy atom. The molecular weight excluding hydrogens is 540 g/mol. The fraction of sp³-hybridized carbons (Fsp3) is 0.519. The van der Waals surface area contributed by atoms with Crippen LogP contribution in [-0.2, 0) is 30.3 Å². The van der Waals surface area contributed by atoms with Gasteiger partial charge in [0.1, 0.15) is 11.4 Å². The fourth-order valence-electron chi connectivity index (χ4n) is 3.91. The molecule has 0 aliphatic carbocycles. The second kappa shape index (κ2) is 18.7. The molecule has 0 aliphatic heterocycles. The summed E-state index contributed by atoms with van der Waals surface area (Å²) in [6.07, 6.45) is 0. The van der Waals surface area contributed by atoms with Gasteiger partial charge in [-0.15, -0.1) is 0 Å². The molecular formula is C27H38N4O10. The van der Waals surface area contributed by atoms with Crippen molar-refractivity contribution in [2.45, 2.75) is 12.6 Å². The number of aromatic nitrogens is 2. The lowest BCUT2D eigenvalue weighted by molar-refractivity contribution is -0.144. The summed E-state index contributed by atoms with van der Waals surface area (Å²) >= 11 is 0. The van der Waals surface area contributed by atoms with E-state index in [2.05, 4.69) is 14.7 Å². The number of aliphatic hydroxyl groups excluding tert-OH is 2. The number of esters is 2. The monoisotopic (exact) mass is 578 g/mol. The van der Waals surface area contributed by atoms with E-state index in [1.807, 2.05) is 4.90 Å². The second-order valence-electron chi connectivity index (χ2n) is 8.67. The summed E-state index contributed by atoms with van der Waals surface area (Å²) in [6.45, 7) is 2.29. The van der Waals surface area contributed by atoms with Crippen LogP contribution in [0.4, 0.5) is 0 Å². The van der Waals surface area contributed by atoms with Gasteiger partial charge in [0, 0.05) is 32.7 Å². The number of carbonyl (C=O) groups is 3. The molecule has 0 aromatic carbocycles. The van der Waals surface area contributed by atoms with Gasteiger partial charge >= 0.3 is 17.9 Å². The highest BCUT2D eigenvalue weighted by molar-refractivity contribution is 5.87. The van der Waals surface area contributed by atoms with Crippen LogP contribution in [0.15, 0.2) is 36.4 Å². The van der Waals surface area contributed by atoms with E-state index in [1.165, 1.54) is 37.3 Å². The Hall–Kier alpha value is -3.53. The molecule has 0 aliphatic rings. The standard InChI is InChI=1S/C27H38N4O10/c1-38-26(36)22-7-3-5-20(28-22)19-30(9-13-32)11-15-40-17-18-41-16-12-31(10-14-33)24(25(34)35)21-6-4-8-23(29-21)27(37)39-2/h3-8,24,32-33H,9-19H2,1-2H3,(H,34,35). The summed E-state index contributed by atoms with van der Waals surface area (Å²) in [5, 5.41) is 28.7. The van der Waals surface area contributed by atoms with E-state index in [-0.39, 0.29) is 63.2 Å². The van der Waals surface area contributed by atoms with Crippen molar-refractivity contribution >= 4 is 17.9 Å². The summed E-state index contributed by atoms with van der Waals surface area (Å²) < 4.78 is 20.6. The Labute approximate surface area is 238 Å². The van der Waals surface area contributed by atoms with Gasteiger partial charge in [-0.2, -0.15) is 0 Å². The minimum absolute atomic E-state index is 0.0165. The van der Waals surface area contributed by atoms with Crippen LogP contribution < -0.4 is 0 Å². The molecule has 0 saturated heterocycles. The third-order valence-corrected chi connectivity index (χ3v) is 5.88. The van der Waals surface area contributed by atoms with Crippen LogP contribution in [0.1, 0.15) is 38.4 Å². The first-order chi connectivity index (χ1) is 19.8. The second-order valence-corrected chi connectivity index (χ2v) is 8.67. The van der Waals surface area contributed by atoms with Crippen LogP contribution in [0, 0.1) is 0 Å². The molecule has 3 N–H and O–H groups in total. The topological polar surface area (TPSA) is 181 Å². The predicted molar refractivity (Wildman–Crippen MR) is 144 cm³/mol. The molecule has 2 rings (SSSR count). The van der Waals surface area contributed by atoms with Crippen molar-refractivity contribution in [3.63, 3.8) is 0 Å². The van der Waals surface area contributed by atoms with Crippen molar-refractivity contribution in [3.05, 3.63) is 59.2 Å². The van der Waals surface area contributed by atoms with Crippen LogP contribution in [0.2, 0.25) is 0 Å². The molecule has 0 spiro atoms. The number of ether oxygens (including phenoxy) is 4. The minimum atomic E-state index is -1.20. The maximum absolute atomic E-state index is 12.1. The van der Waals surface area contributed by atoms with Gasteiger partial charge in [-0.1, -0.05) is 12.1 Å².